The number of ether oxygens (including phenoxy) is 2. The van der Waals surface area contributed by atoms with Crippen LogP contribution in [0.3, 0.4) is 0 Å². The zero-order valence-corrected chi connectivity index (χ0v) is 24.9. The standard InChI is InChI=1S/C35H34FN3O5/c1-20-4-5-23(18-38-20)26-13-8-22(16-29(26)44-25-11-12-25)28(40)14-15-35(3,42)30-17-27-32(43-19-34(27,2)33(37)41)31(39-30)21-6-9-24(36)10-7-21/h4-10,13,16-18,25,42H,11-12,14-15,19H2,1-3H3,(H2,37,41)/t34-,35-/m0/s1. The van der Waals surface area contributed by atoms with Gasteiger partial charge in [-0.15, -0.1) is 0 Å². The van der Waals surface area contributed by atoms with Crippen LogP contribution in [-0.2, 0) is 15.8 Å². The number of carbonyl (C=O) groups is 2. The summed E-state index contributed by atoms with van der Waals surface area (Å²) in [4.78, 5) is 35.1. The van der Waals surface area contributed by atoms with Crippen LogP contribution in [0.2, 0.25) is 0 Å². The lowest BCUT2D eigenvalue weighted by molar-refractivity contribution is -0.123. The molecule has 1 aliphatic heterocycles. The summed E-state index contributed by atoms with van der Waals surface area (Å²) in [5.41, 5.74) is 7.87. The number of primary amides is 1. The highest BCUT2D eigenvalue weighted by molar-refractivity contribution is 5.97. The number of aromatic nitrogens is 2. The Bertz CT molecular complexity index is 1750. The number of hydrogen-bond donors (Lipinski definition) is 2. The Morgan fingerprint density at radius 2 is 1.84 bits per heavy atom. The second-order valence-corrected chi connectivity index (χ2v) is 12.1. The van der Waals surface area contributed by atoms with Crippen molar-refractivity contribution in [1.29, 1.82) is 0 Å². The second-order valence-electron chi connectivity index (χ2n) is 12.1. The molecule has 2 aromatic carbocycles. The molecule has 0 unspecified atom stereocenters. The van der Waals surface area contributed by atoms with Gasteiger partial charge in [0.2, 0.25) is 5.91 Å². The number of hydrogen-bond acceptors (Lipinski definition) is 7. The van der Waals surface area contributed by atoms with Crippen LogP contribution in [0, 0.1) is 12.7 Å². The van der Waals surface area contributed by atoms with Crippen LogP contribution >= 0.6 is 0 Å². The third-order valence-corrected chi connectivity index (χ3v) is 8.47. The molecule has 226 valence electrons. The van der Waals surface area contributed by atoms with Gasteiger partial charge in [0.25, 0.3) is 0 Å². The number of aryl methyl sites for hydroxylation is 1. The van der Waals surface area contributed by atoms with E-state index in [1.807, 2.05) is 25.1 Å². The van der Waals surface area contributed by atoms with E-state index in [-0.39, 0.29) is 37.0 Å². The first-order chi connectivity index (χ1) is 20.9. The lowest BCUT2D eigenvalue weighted by Crippen LogP contribution is -2.40. The Morgan fingerprint density at radius 3 is 2.50 bits per heavy atom. The maximum absolute atomic E-state index is 13.7. The van der Waals surface area contributed by atoms with Gasteiger partial charge in [-0.25, -0.2) is 9.37 Å². The summed E-state index contributed by atoms with van der Waals surface area (Å²) in [6.45, 7) is 5.19. The second kappa shape index (κ2) is 11.1. The number of rotatable bonds is 10. The molecule has 1 amide bonds. The number of Topliss-reactive ketones (excluding diaryl/α,β-unsaturated/α-hetero) is 1. The van der Waals surface area contributed by atoms with Crippen LogP contribution in [0.1, 0.15) is 66.8 Å². The summed E-state index contributed by atoms with van der Waals surface area (Å²) >= 11 is 0. The van der Waals surface area contributed by atoms with Crippen molar-refractivity contribution in [2.24, 2.45) is 5.73 Å². The van der Waals surface area contributed by atoms with Gasteiger partial charge in [0.1, 0.15) is 40.6 Å². The smallest absolute Gasteiger partial charge is 0.231 e. The fraction of sp³-hybridized carbons (Fsp3) is 0.314. The van der Waals surface area contributed by atoms with Gasteiger partial charge < -0.3 is 20.3 Å². The SMILES string of the molecule is Cc1ccc(-c2ccc(C(=O)CC[C@](C)(O)c3cc4c(c(-c5ccc(F)cc5)n3)OC[C@]4(C)C(N)=O)cc2OC2CC2)cn1. The molecule has 8 nitrogen and oxygen atoms in total. The van der Waals surface area contributed by atoms with Crippen LogP contribution in [0.5, 0.6) is 11.5 Å². The molecule has 9 heteroatoms. The number of amides is 1. The van der Waals surface area contributed by atoms with Crippen LogP contribution in [0.4, 0.5) is 4.39 Å². The monoisotopic (exact) mass is 595 g/mol. The summed E-state index contributed by atoms with van der Waals surface area (Å²) in [7, 11) is 0. The Kier molecular flexibility index (Phi) is 7.45. The molecular weight excluding hydrogens is 561 g/mol. The summed E-state index contributed by atoms with van der Waals surface area (Å²) < 4.78 is 25.8. The van der Waals surface area contributed by atoms with Crippen LogP contribution < -0.4 is 15.2 Å². The average Bonchev–Trinajstić information content (AvgIpc) is 3.76. The van der Waals surface area contributed by atoms with Gasteiger partial charge >= 0.3 is 0 Å². The van der Waals surface area contributed by atoms with E-state index in [9.17, 15) is 19.1 Å². The molecule has 0 saturated heterocycles. The van der Waals surface area contributed by atoms with E-state index in [0.717, 1.165) is 29.7 Å². The molecule has 3 N–H and O–H groups in total. The molecule has 1 fully saturated rings. The topological polar surface area (TPSA) is 125 Å². The summed E-state index contributed by atoms with van der Waals surface area (Å²) in [6.07, 6.45) is 3.95. The van der Waals surface area contributed by atoms with E-state index < -0.39 is 22.7 Å². The number of benzene rings is 2. The molecule has 6 rings (SSSR count). The van der Waals surface area contributed by atoms with E-state index in [2.05, 4.69) is 4.98 Å². The molecule has 2 aliphatic rings. The first-order valence-electron chi connectivity index (χ1n) is 14.7. The zero-order chi connectivity index (χ0) is 31.2. The molecule has 3 heterocycles. The minimum absolute atomic E-state index is 0.0114. The Balaban J connectivity index is 1.29. The van der Waals surface area contributed by atoms with Gasteiger partial charge in [0.05, 0.1) is 11.8 Å². The number of carbonyl (C=O) groups excluding carboxylic acids is 2. The highest BCUT2D eigenvalue weighted by atomic mass is 19.1. The van der Waals surface area contributed by atoms with Gasteiger partial charge in [-0.1, -0.05) is 12.1 Å². The van der Waals surface area contributed by atoms with Crippen LogP contribution in [0.15, 0.2) is 66.9 Å². The van der Waals surface area contributed by atoms with E-state index >= 15 is 0 Å². The number of pyridine rings is 2. The summed E-state index contributed by atoms with van der Waals surface area (Å²) in [6, 6.07) is 16.7. The Labute approximate surface area is 255 Å². The zero-order valence-electron chi connectivity index (χ0n) is 24.9. The normalized spacial score (nSPS) is 18.7. The van der Waals surface area contributed by atoms with Crippen molar-refractivity contribution in [3.63, 3.8) is 0 Å². The van der Waals surface area contributed by atoms with E-state index in [0.29, 0.717) is 33.9 Å². The predicted molar refractivity (Wildman–Crippen MR) is 163 cm³/mol. The molecule has 2 atom stereocenters. The maximum Gasteiger partial charge on any atom is 0.231 e. The van der Waals surface area contributed by atoms with Gasteiger partial charge in [0, 0.05) is 46.1 Å². The fourth-order valence-electron chi connectivity index (χ4n) is 5.32. The lowest BCUT2D eigenvalue weighted by Gasteiger charge is -2.26. The number of fused-ring (bicyclic) bond motifs is 1. The highest BCUT2D eigenvalue weighted by Crippen LogP contribution is 2.46. The minimum atomic E-state index is -1.55. The molecular formula is C35H34FN3O5. The van der Waals surface area contributed by atoms with Crippen molar-refractivity contribution >= 4 is 11.7 Å². The summed E-state index contributed by atoms with van der Waals surface area (Å²) in [5.74, 6) is -0.164. The predicted octanol–water partition coefficient (Wildman–Crippen LogP) is 5.81. The first kappa shape index (κ1) is 29.4. The van der Waals surface area contributed by atoms with Gasteiger partial charge in [-0.3, -0.25) is 14.6 Å². The van der Waals surface area contributed by atoms with Gasteiger partial charge in [-0.05, 0) is 88.6 Å². The Morgan fingerprint density at radius 1 is 1.11 bits per heavy atom. The number of aliphatic hydroxyl groups is 1. The van der Waals surface area contributed by atoms with Crippen molar-refractivity contribution < 1.29 is 28.6 Å². The number of ketones is 1. The first-order valence-corrected chi connectivity index (χ1v) is 14.7. The summed E-state index contributed by atoms with van der Waals surface area (Å²) in [5, 5.41) is 11.7. The largest absolute Gasteiger partial charge is 0.490 e. The number of nitrogens with zero attached hydrogens (tertiary/aromatic N) is 2. The average molecular weight is 596 g/mol. The van der Waals surface area contributed by atoms with Crippen LogP contribution in [0.25, 0.3) is 22.4 Å². The minimum Gasteiger partial charge on any atom is -0.490 e. The maximum atomic E-state index is 13.7. The number of nitrogens with two attached hydrogens (primary N) is 1. The molecule has 0 spiro atoms. The quantitative estimate of drug-likeness (QED) is 0.222. The molecule has 4 aromatic rings. The molecule has 1 saturated carbocycles. The Hall–Kier alpha value is -4.63. The van der Waals surface area contributed by atoms with Crippen molar-refractivity contribution in [2.75, 3.05) is 6.61 Å². The van der Waals surface area contributed by atoms with Crippen molar-refractivity contribution in [3.8, 4) is 33.9 Å². The van der Waals surface area contributed by atoms with E-state index in [4.69, 9.17) is 20.2 Å². The highest BCUT2D eigenvalue weighted by Gasteiger charge is 2.45. The fourth-order valence-corrected chi connectivity index (χ4v) is 5.32. The van der Waals surface area contributed by atoms with Crippen molar-refractivity contribution in [2.45, 2.75) is 63.6 Å². The third kappa shape index (κ3) is 5.67. The molecule has 1 aliphatic carbocycles. The molecule has 0 bridgehead atoms. The van der Waals surface area contributed by atoms with Crippen LogP contribution in [-0.4, -0.2) is 39.5 Å². The van der Waals surface area contributed by atoms with Crippen molar-refractivity contribution in [1.82, 2.24) is 9.97 Å². The lowest BCUT2D eigenvalue weighted by atomic mass is 9.81. The van der Waals surface area contributed by atoms with Gasteiger partial charge in [0.15, 0.2) is 5.78 Å². The van der Waals surface area contributed by atoms with Gasteiger partial charge in [-0.2, -0.15) is 0 Å². The number of halogens is 1. The third-order valence-electron chi connectivity index (χ3n) is 8.47. The van der Waals surface area contributed by atoms with E-state index in [1.54, 1.807) is 50.4 Å². The molecule has 2 aromatic heterocycles. The molecule has 44 heavy (non-hydrogen) atoms. The molecule has 0 radical (unpaired) electrons. The van der Waals surface area contributed by atoms with E-state index in [1.165, 1.54) is 12.1 Å². The van der Waals surface area contributed by atoms with Crippen molar-refractivity contribution in [3.05, 3.63) is 95.2 Å².